The molecule has 0 aliphatic rings. The van der Waals surface area contributed by atoms with Gasteiger partial charge in [-0.3, -0.25) is 0 Å². The number of ether oxygens (including phenoxy) is 1. The van der Waals surface area contributed by atoms with Gasteiger partial charge in [-0.05, 0) is 34.7 Å². The SMILES string of the molecule is CN(C)C(=O)Oc1ccccc1I. The standard InChI is InChI=1S/C9H10INO2/c1-11(2)9(12)13-8-6-4-3-5-7(8)10/h3-6H,1-2H3. The summed E-state index contributed by atoms with van der Waals surface area (Å²) in [5, 5.41) is 0. The second-order valence-corrected chi connectivity index (χ2v) is 3.86. The van der Waals surface area contributed by atoms with Crippen LogP contribution in [0.4, 0.5) is 4.79 Å². The van der Waals surface area contributed by atoms with Crippen LogP contribution < -0.4 is 4.74 Å². The molecule has 0 fully saturated rings. The Balaban J connectivity index is 2.75. The average Bonchev–Trinajstić information content (AvgIpc) is 2.08. The highest BCUT2D eigenvalue weighted by Crippen LogP contribution is 2.19. The van der Waals surface area contributed by atoms with E-state index in [9.17, 15) is 4.79 Å². The summed E-state index contributed by atoms with van der Waals surface area (Å²) < 4.78 is 6.01. The highest BCUT2D eigenvalue weighted by atomic mass is 127. The molecular formula is C9H10INO2. The molecule has 1 aromatic rings. The van der Waals surface area contributed by atoms with Crippen LogP contribution in [0.3, 0.4) is 0 Å². The average molecular weight is 291 g/mol. The Hall–Kier alpha value is -0.780. The third-order valence-electron chi connectivity index (χ3n) is 1.40. The molecule has 0 aliphatic heterocycles. The van der Waals surface area contributed by atoms with Crippen molar-refractivity contribution in [2.45, 2.75) is 0 Å². The molecule has 0 saturated carbocycles. The number of para-hydroxylation sites is 1. The number of halogens is 1. The molecule has 0 spiro atoms. The molecule has 1 amide bonds. The summed E-state index contributed by atoms with van der Waals surface area (Å²) >= 11 is 2.12. The van der Waals surface area contributed by atoms with Gasteiger partial charge < -0.3 is 9.64 Å². The molecule has 0 heterocycles. The molecule has 4 heteroatoms. The Kier molecular flexibility index (Phi) is 3.53. The first-order valence-corrected chi connectivity index (χ1v) is 4.83. The van der Waals surface area contributed by atoms with Crippen LogP contribution in [-0.4, -0.2) is 25.1 Å². The van der Waals surface area contributed by atoms with E-state index in [4.69, 9.17) is 4.74 Å². The van der Waals surface area contributed by atoms with Crippen LogP contribution in [0.2, 0.25) is 0 Å². The highest BCUT2D eigenvalue weighted by molar-refractivity contribution is 14.1. The topological polar surface area (TPSA) is 29.5 Å². The van der Waals surface area contributed by atoms with E-state index in [1.165, 1.54) is 4.90 Å². The second-order valence-electron chi connectivity index (χ2n) is 2.69. The molecule has 0 saturated heterocycles. The van der Waals surface area contributed by atoms with Crippen LogP contribution >= 0.6 is 22.6 Å². The molecule has 0 atom stereocenters. The summed E-state index contributed by atoms with van der Waals surface area (Å²) in [7, 11) is 3.30. The van der Waals surface area contributed by atoms with Gasteiger partial charge in [0.15, 0.2) is 0 Å². The van der Waals surface area contributed by atoms with Crippen molar-refractivity contribution in [3.63, 3.8) is 0 Å². The van der Waals surface area contributed by atoms with E-state index in [2.05, 4.69) is 22.6 Å². The van der Waals surface area contributed by atoms with Gasteiger partial charge in [0.2, 0.25) is 0 Å². The first-order valence-electron chi connectivity index (χ1n) is 3.75. The van der Waals surface area contributed by atoms with Crippen LogP contribution in [-0.2, 0) is 0 Å². The van der Waals surface area contributed by atoms with Crippen LogP contribution in [0.1, 0.15) is 0 Å². The third kappa shape index (κ3) is 2.87. The fourth-order valence-corrected chi connectivity index (χ4v) is 1.21. The van der Waals surface area contributed by atoms with E-state index in [0.29, 0.717) is 5.75 Å². The number of nitrogens with zero attached hydrogens (tertiary/aromatic N) is 1. The maximum absolute atomic E-state index is 11.2. The van der Waals surface area contributed by atoms with Crippen LogP contribution in [0.25, 0.3) is 0 Å². The summed E-state index contributed by atoms with van der Waals surface area (Å²) in [6.07, 6.45) is -0.357. The molecular weight excluding hydrogens is 281 g/mol. The Bertz CT molecular complexity index is 312. The van der Waals surface area contributed by atoms with E-state index < -0.39 is 0 Å². The maximum Gasteiger partial charge on any atom is 0.414 e. The monoisotopic (exact) mass is 291 g/mol. The number of carbonyl (C=O) groups excluding carboxylic acids is 1. The van der Waals surface area contributed by atoms with Gasteiger partial charge in [0.05, 0.1) is 3.57 Å². The first-order chi connectivity index (χ1) is 6.11. The molecule has 0 unspecified atom stereocenters. The molecule has 1 aromatic carbocycles. The zero-order valence-electron chi connectivity index (χ0n) is 7.45. The minimum atomic E-state index is -0.357. The van der Waals surface area contributed by atoms with E-state index in [1.54, 1.807) is 20.2 Å². The number of hydrogen-bond donors (Lipinski definition) is 0. The van der Waals surface area contributed by atoms with Gasteiger partial charge in [0, 0.05) is 14.1 Å². The maximum atomic E-state index is 11.2. The van der Waals surface area contributed by atoms with Crippen molar-refractivity contribution in [2.24, 2.45) is 0 Å². The largest absolute Gasteiger partial charge is 0.414 e. The molecule has 0 aromatic heterocycles. The lowest BCUT2D eigenvalue weighted by atomic mass is 10.3. The molecule has 0 bridgehead atoms. The van der Waals surface area contributed by atoms with Gasteiger partial charge in [0.1, 0.15) is 5.75 Å². The second kappa shape index (κ2) is 4.45. The van der Waals surface area contributed by atoms with Crippen molar-refractivity contribution in [1.29, 1.82) is 0 Å². The van der Waals surface area contributed by atoms with E-state index in [1.807, 2.05) is 18.2 Å². The highest BCUT2D eigenvalue weighted by Gasteiger charge is 2.08. The summed E-state index contributed by atoms with van der Waals surface area (Å²) in [5.41, 5.74) is 0. The zero-order chi connectivity index (χ0) is 9.84. The number of benzene rings is 1. The fraction of sp³-hybridized carbons (Fsp3) is 0.222. The predicted octanol–water partition coefficient (Wildman–Crippen LogP) is 2.35. The Morgan fingerprint density at radius 3 is 2.54 bits per heavy atom. The zero-order valence-corrected chi connectivity index (χ0v) is 9.61. The predicted molar refractivity (Wildman–Crippen MR) is 58.9 cm³/mol. The van der Waals surface area contributed by atoms with Crippen LogP contribution in [0.15, 0.2) is 24.3 Å². The lowest BCUT2D eigenvalue weighted by Crippen LogP contribution is -2.25. The Morgan fingerprint density at radius 1 is 1.38 bits per heavy atom. The lowest BCUT2D eigenvalue weighted by molar-refractivity contribution is 0.171. The summed E-state index contributed by atoms with van der Waals surface area (Å²) in [6, 6.07) is 7.39. The number of amides is 1. The molecule has 13 heavy (non-hydrogen) atoms. The van der Waals surface area contributed by atoms with Crippen molar-refractivity contribution in [3.8, 4) is 5.75 Å². The molecule has 0 radical (unpaired) electrons. The van der Waals surface area contributed by atoms with Gasteiger partial charge >= 0.3 is 6.09 Å². The normalized spacial score (nSPS) is 9.46. The van der Waals surface area contributed by atoms with Gasteiger partial charge in [-0.25, -0.2) is 4.79 Å². The smallest absolute Gasteiger partial charge is 0.409 e. The fourth-order valence-electron chi connectivity index (χ4n) is 0.713. The van der Waals surface area contributed by atoms with Crippen molar-refractivity contribution in [1.82, 2.24) is 4.90 Å². The number of hydrogen-bond acceptors (Lipinski definition) is 2. The van der Waals surface area contributed by atoms with Crippen molar-refractivity contribution >= 4 is 28.7 Å². The number of rotatable bonds is 1. The number of carbonyl (C=O) groups is 1. The first kappa shape index (κ1) is 10.3. The Labute approximate surface area is 90.8 Å². The van der Waals surface area contributed by atoms with Crippen molar-refractivity contribution in [3.05, 3.63) is 27.8 Å². The molecule has 0 N–H and O–H groups in total. The van der Waals surface area contributed by atoms with E-state index in [-0.39, 0.29) is 6.09 Å². The van der Waals surface area contributed by atoms with Crippen LogP contribution in [0.5, 0.6) is 5.75 Å². The summed E-state index contributed by atoms with van der Waals surface area (Å²) in [5.74, 6) is 0.599. The minimum absolute atomic E-state index is 0.357. The minimum Gasteiger partial charge on any atom is -0.409 e. The van der Waals surface area contributed by atoms with E-state index >= 15 is 0 Å². The van der Waals surface area contributed by atoms with Crippen molar-refractivity contribution < 1.29 is 9.53 Å². The van der Waals surface area contributed by atoms with Gasteiger partial charge in [0.25, 0.3) is 0 Å². The van der Waals surface area contributed by atoms with Crippen molar-refractivity contribution in [2.75, 3.05) is 14.1 Å². The molecule has 0 aliphatic carbocycles. The molecule has 1 rings (SSSR count). The molecule has 70 valence electrons. The van der Waals surface area contributed by atoms with Gasteiger partial charge in [-0.15, -0.1) is 0 Å². The van der Waals surface area contributed by atoms with E-state index in [0.717, 1.165) is 3.57 Å². The summed E-state index contributed by atoms with van der Waals surface area (Å²) in [4.78, 5) is 12.6. The lowest BCUT2D eigenvalue weighted by Gasteiger charge is -2.11. The quantitative estimate of drug-likeness (QED) is 0.743. The van der Waals surface area contributed by atoms with Crippen LogP contribution in [0, 0.1) is 3.57 Å². The van der Waals surface area contributed by atoms with Gasteiger partial charge in [-0.2, -0.15) is 0 Å². The van der Waals surface area contributed by atoms with Gasteiger partial charge in [-0.1, -0.05) is 12.1 Å². The summed E-state index contributed by atoms with van der Waals surface area (Å²) in [6.45, 7) is 0. The Morgan fingerprint density at radius 2 is 2.00 bits per heavy atom. The third-order valence-corrected chi connectivity index (χ3v) is 2.29. The molecule has 3 nitrogen and oxygen atoms in total.